The fourth-order valence-electron chi connectivity index (χ4n) is 4.14. The van der Waals surface area contributed by atoms with Gasteiger partial charge < -0.3 is 15.5 Å². The van der Waals surface area contributed by atoms with Gasteiger partial charge in [-0.1, -0.05) is 30.3 Å². The molecule has 0 unspecified atom stereocenters. The maximum Gasteiger partial charge on any atom is 0.258 e. The highest BCUT2D eigenvalue weighted by Crippen LogP contribution is 2.43. The Labute approximate surface area is 142 Å². The molecule has 1 aromatic carbocycles. The van der Waals surface area contributed by atoms with Crippen molar-refractivity contribution in [1.82, 2.24) is 15.2 Å². The molecule has 0 spiro atoms. The summed E-state index contributed by atoms with van der Waals surface area (Å²) in [6, 6.07) is 14.2. The number of hydrogen-bond donors (Lipinski definition) is 2. The Morgan fingerprint density at radius 2 is 2.04 bits per heavy atom. The molecule has 1 amide bonds. The van der Waals surface area contributed by atoms with Gasteiger partial charge in [0.15, 0.2) is 0 Å². The first kappa shape index (κ1) is 15.1. The summed E-state index contributed by atoms with van der Waals surface area (Å²) in [5, 5.41) is 6.52. The Bertz CT molecular complexity index is 733. The molecule has 3 heterocycles. The van der Waals surface area contributed by atoms with Gasteiger partial charge in [-0.2, -0.15) is 0 Å². The van der Waals surface area contributed by atoms with Crippen molar-refractivity contribution < 1.29 is 4.79 Å². The van der Waals surface area contributed by atoms with Crippen LogP contribution >= 0.6 is 0 Å². The topological polar surface area (TPSA) is 57.3 Å². The molecule has 24 heavy (non-hydrogen) atoms. The van der Waals surface area contributed by atoms with Crippen molar-refractivity contribution in [3.8, 4) is 0 Å². The third-order valence-electron chi connectivity index (χ3n) is 5.24. The van der Waals surface area contributed by atoms with Crippen LogP contribution in [0.5, 0.6) is 0 Å². The number of aromatic nitrogens is 1. The maximum atomic E-state index is 13.3. The van der Waals surface area contributed by atoms with Gasteiger partial charge in [-0.25, -0.2) is 4.98 Å². The molecule has 0 saturated carbocycles. The fourth-order valence-corrected chi connectivity index (χ4v) is 4.14. The molecule has 2 aromatic rings. The van der Waals surface area contributed by atoms with Gasteiger partial charge in [-0.15, -0.1) is 0 Å². The van der Waals surface area contributed by atoms with E-state index in [1.165, 1.54) is 5.56 Å². The monoisotopic (exact) mass is 322 g/mol. The Kier molecular flexibility index (Phi) is 3.94. The van der Waals surface area contributed by atoms with Gasteiger partial charge in [-0.05, 0) is 23.6 Å². The molecule has 5 nitrogen and oxygen atoms in total. The lowest BCUT2D eigenvalue weighted by atomic mass is 9.89. The summed E-state index contributed by atoms with van der Waals surface area (Å²) in [4.78, 5) is 19.6. The van der Waals surface area contributed by atoms with E-state index in [1.54, 1.807) is 13.2 Å². The number of fused-ring (bicyclic) bond motifs is 1. The minimum atomic E-state index is 0.0655. The first-order chi connectivity index (χ1) is 11.8. The second kappa shape index (κ2) is 6.24. The lowest BCUT2D eigenvalue weighted by Crippen LogP contribution is -2.35. The number of nitrogens with zero attached hydrogens (tertiary/aromatic N) is 2. The number of anilines is 1. The average Bonchev–Trinajstić information content (AvgIpc) is 3.22. The lowest BCUT2D eigenvalue weighted by molar-refractivity contribution is 0.0714. The maximum absolute atomic E-state index is 13.3. The van der Waals surface area contributed by atoms with Crippen LogP contribution < -0.4 is 10.6 Å². The Morgan fingerprint density at radius 1 is 1.21 bits per heavy atom. The van der Waals surface area contributed by atoms with Crippen molar-refractivity contribution in [3.05, 3.63) is 59.8 Å². The number of pyridine rings is 1. The van der Waals surface area contributed by atoms with Crippen molar-refractivity contribution in [2.45, 2.75) is 6.04 Å². The lowest BCUT2D eigenvalue weighted by Gasteiger charge is -2.29. The van der Waals surface area contributed by atoms with Gasteiger partial charge in [0.05, 0.1) is 11.6 Å². The Hall–Kier alpha value is -2.40. The quantitative estimate of drug-likeness (QED) is 0.909. The molecule has 2 aliphatic rings. The number of carbonyl (C=O) groups excluding carboxylic acids is 1. The summed E-state index contributed by atoms with van der Waals surface area (Å²) in [6.07, 6.45) is 1.71. The predicted octanol–water partition coefficient (Wildman–Crippen LogP) is 2.16. The van der Waals surface area contributed by atoms with Crippen molar-refractivity contribution in [1.29, 1.82) is 0 Å². The molecule has 2 aliphatic heterocycles. The van der Waals surface area contributed by atoms with Crippen molar-refractivity contribution >= 4 is 11.7 Å². The van der Waals surface area contributed by atoms with E-state index in [1.807, 2.05) is 23.1 Å². The van der Waals surface area contributed by atoms with Gasteiger partial charge in [-0.3, -0.25) is 4.79 Å². The van der Waals surface area contributed by atoms with Crippen LogP contribution in [0.1, 0.15) is 22.0 Å². The molecule has 2 N–H and O–H groups in total. The van der Waals surface area contributed by atoms with Gasteiger partial charge in [0, 0.05) is 38.8 Å². The molecule has 124 valence electrons. The number of benzene rings is 1. The first-order valence-corrected chi connectivity index (χ1v) is 8.49. The molecule has 4 rings (SSSR count). The highest BCUT2D eigenvalue weighted by Gasteiger charge is 2.47. The van der Waals surface area contributed by atoms with Gasteiger partial charge in [0.2, 0.25) is 0 Å². The SMILES string of the molecule is CNc1ncccc1C(=O)N1C[C@@H]2CNC[C@@H]2[C@H]1c1ccccc1. The smallest absolute Gasteiger partial charge is 0.258 e. The number of rotatable bonds is 3. The molecule has 0 aliphatic carbocycles. The number of likely N-dealkylation sites (tertiary alicyclic amines) is 1. The fraction of sp³-hybridized carbons (Fsp3) is 0.368. The largest absolute Gasteiger partial charge is 0.372 e. The van der Waals surface area contributed by atoms with E-state index in [9.17, 15) is 4.79 Å². The van der Waals surface area contributed by atoms with Crippen LogP contribution in [-0.4, -0.2) is 42.5 Å². The minimum Gasteiger partial charge on any atom is -0.372 e. The zero-order valence-corrected chi connectivity index (χ0v) is 13.8. The van der Waals surface area contributed by atoms with Crippen LogP contribution in [0.3, 0.4) is 0 Å². The van der Waals surface area contributed by atoms with E-state index < -0.39 is 0 Å². The van der Waals surface area contributed by atoms with Gasteiger partial charge in [0.1, 0.15) is 5.82 Å². The van der Waals surface area contributed by atoms with E-state index in [4.69, 9.17) is 0 Å². The second-order valence-electron chi connectivity index (χ2n) is 6.54. The average molecular weight is 322 g/mol. The van der Waals surface area contributed by atoms with Crippen LogP contribution in [0.15, 0.2) is 48.7 Å². The number of amides is 1. The van der Waals surface area contributed by atoms with E-state index in [2.05, 4.69) is 39.9 Å². The van der Waals surface area contributed by atoms with Gasteiger partial charge in [0.25, 0.3) is 5.91 Å². The van der Waals surface area contributed by atoms with Crippen LogP contribution in [0.25, 0.3) is 0 Å². The van der Waals surface area contributed by atoms with Gasteiger partial charge >= 0.3 is 0 Å². The van der Waals surface area contributed by atoms with Crippen molar-refractivity contribution in [2.75, 3.05) is 32.0 Å². The molecule has 2 saturated heterocycles. The van der Waals surface area contributed by atoms with Crippen molar-refractivity contribution in [2.24, 2.45) is 11.8 Å². The first-order valence-electron chi connectivity index (χ1n) is 8.49. The molecule has 0 radical (unpaired) electrons. The molecule has 5 heteroatoms. The second-order valence-corrected chi connectivity index (χ2v) is 6.54. The number of hydrogen-bond acceptors (Lipinski definition) is 4. The summed E-state index contributed by atoms with van der Waals surface area (Å²) >= 11 is 0. The van der Waals surface area contributed by atoms with E-state index in [0.29, 0.717) is 23.2 Å². The summed E-state index contributed by atoms with van der Waals surface area (Å²) in [7, 11) is 1.80. The summed E-state index contributed by atoms with van der Waals surface area (Å²) in [5.41, 5.74) is 1.87. The summed E-state index contributed by atoms with van der Waals surface area (Å²) < 4.78 is 0. The third-order valence-corrected chi connectivity index (χ3v) is 5.24. The van der Waals surface area contributed by atoms with Crippen LogP contribution in [0, 0.1) is 11.8 Å². The zero-order chi connectivity index (χ0) is 16.5. The third kappa shape index (κ3) is 2.45. The summed E-state index contributed by atoms with van der Waals surface area (Å²) in [6.45, 7) is 2.76. The van der Waals surface area contributed by atoms with Crippen LogP contribution in [0.4, 0.5) is 5.82 Å². The summed E-state index contributed by atoms with van der Waals surface area (Å²) in [5.74, 6) is 1.71. The minimum absolute atomic E-state index is 0.0655. The number of nitrogens with one attached hydrogen (secondary N) is 2. The van der Waals surface area contributed by atoms with E-state index in [-0.39, 0.29) is 11.9 Å². The van der Waals surface area contributed by atoms with Crippen LogP contribution in [-0.2, 0) is 0 Å². The molecule has 0 bridgehead atoms. The molecular weight excluding hydrogens is 300 g/mol. The van der Waals surface area contributed by atoms with E-state index >= 15 is 0 Å². The molecular formula is C19H22N4O. The highest BCUT2D eigenvalue weighted by atomic mass is 16.2. The highest BCUT2D eigenvalue weighted by molar-refractivity contribution is 5.99. The normalized spacial score (nSPS) is 25.5. The van der Waals surface area contributed by atoms with E-state index in [0.717, 1.165) is 19.6 Å². The standard InChI is InChI=1S/C19H22N4O/c1-20-18-15(8-5-9-22-18)19(24)23-12-14-10-21-11-16(14)17(23)13-6-3-2-4-7-13/h2-9,14,16-17,21H,10-12H2,1H3,(H,20,22)/t14-,16-,17+/m0/s1. The number of carbonyl (C=O) groups is 1. The zero-order valence-electron chi connectivity index (χ0n) is 13.8. The Balaban J connectivity index is 1.71. The molecule has 2 fully saturated rings. The van der Waals surface area contributed by atoms with Crippen LogP contribution in [0.2, 0.25) is 0 Å². The molecule has 3 atom stereocenters. The predicted molar refractivity (Wildman–Crippen MR) is 93.9 cm³/mol. The molecule has 1 aromatic heterocycles. The Morgan fingerprint density at radius 3 is 2.83 bits per heavy atom. The van der Waals surface area contributed by atoms with Crippen molar-refractivity contribution in [3.63, 3.8) is 0 Å².